The summed E-state index contributed by atoms with van der Waals surface area (Å²) in [6, 6.07) is 3.81. The van der Waals surface area contributed by atoms with Gasteiger partial charge in [-0.3, -0.25) is 10.1 Å². The van der Waals surface area contributed by atoms with Crippen molar-refractivity contribution in [2.24, 2.45) is 0 Å². The standard InChI is InChI=1S/C14H20N2O5S/c1-11(2)21-14-7-6-12(10-13(14)16(17)18)22(19,20)15-8-4-3-5-9-15/h6-7,10-11H,3-5,8-9H2,1-2H3. The number of sulfonamides is 1. The van der Waals surface area contributed by atoms with Crippen molar-refractivity contribution in [2.75, 3.05) is 13.1 Å². The van der Waals surface area contributed by atoms with Crippen LogP contribution in [0.15, 0.2) is 23.1 Å². The van der Waals surface area contributed by atoms with Gasteiger partial charge in [0, 0.05) is 19.2 Å². The fourth-order valence-electron chi connectivity index (χ4n) is 2.41. The normalized spacial score (nSPS) is 16.7. The number of hydrogen-bond donors (Lipinski definition) is 0. The van der Waals surface area contributed by atoms with Gasteiger partial charge in [-0.15, -0.1) is 0 Å². The van der Waals surface area contributed by atoms with Crippen molar-refractivity contribution in [1.29, 1.82) is 0 Å². The Balaban J connectivity index is 2.39. The third-order valence-electron chi connectivity index (χ3n) is 3.44. The van der Waals surface area contributed by atoms with E-state index in [4.69, 9.17) is 4.74 Å². The van der Waals surface area contributed by atoms with E-state index in [0.29, 0.717) is 13.1 Å². The molecule has 7 nitrogen and oxygen atoms in total. The van der Waals surface area contributed by atoms with Crippen molar-refractivity contribution in [2.45, 2.75) is 44.1 Å². The van der Waals surface area contributed by atoms with Crippen LogP contribution in [0.3, 0.4) is 0 Å². The van der Waals surface area contributed by atoms with Gasteiger partial charge in [0.1, 0.15) is 0 Å². The van der Waals surface area contributed by atoms with Crippen LogP contribution in [0.4, 0.5) is 5.69 Å². The quantitative estimate of drug-likeness (QED) is 0.612. The number of hydrogen-bond acceptors (Lipinski definition) is 5. The highest BCUT2D eigenvalue weighted by atomic mass is 32.2. The van der Waals surface area contributed by atoms with Crippen LogP contribution in [0.5, 0.6) is 5.75 Å². The third-order valence-corrected chi connectivity index (χ3v) is 5.34. The molecule has 0 bridgehead atoms. The van der Waals surface area contributed by atoms with Gasteiger partial charge in [-0.25, -0.2) is 8.42 Å². The van der Waals surface area contributed by atoms with E-state index < -0.39 is 14.9 Å². The van der Waals surface area contributed by atoms with E-state index in [1.54, 1.807) is 13.8 Å². The van der Waals surface area contributed by atoms with E-state index in [1.165, 1.54) is 16.4 Å². The molecule has 1 fully saturated rings. The molecule has 2 rings (SSSR count). The second kappa shape index (κ2) is 6.62. The highest BCUT2D eigenvalue weighted by molar-refractivity contribution is 7.89. The van der Waals surface area contributed by atoms with Gasteiger partial charge in [-0.2, -0.15) is 4.31 Å². The van der Waals surface area contributed by atoms with Crippen LogP contribution < -0.4 is 4.74 Å². The second-order valence-electron chi connectivity index (χ2n) is 5.52. The maximum atomic E-state index is 12.6. The molecule has 0 aromatic heterocycles. The lowest BCUT2D eigenvalue weighted by molar-refractivity contribution is -0.386. The van der Waals surface area contributed by atoms with Crippen LogP contribution in [0, 0.1) is 10.1 Å². The average molecular weight is 328 g/mol. The van der Waals surface area contributed by atoms with Crippen molar-refractivity contribution in [3.63, 3.8) is 0 Å². The highest BCUT2D eigenvalue weighted by Gasteiger charge is 2.29. The van der Waals surface area contributed by atoms with Gasteiger partial charge in [-0.1, -0.05) is 6.42 Å². The Kier molecular flexibility index (Phi) is 5.02. The lowest BCUT2D eigenvalue weighted by atomic mass is 10.2. The Morgan fingerprint density at radius 1 is 1.23 bits per heavy atom. The molecule has 1 aliphatic heterocycles. The maximum absolute atomic E-state index is 12.6. The summed E-state index contributed by atoms with van der Waals surface area (Å²) >= 11 is 0. The molecule has 0 aliphatic carbocycles. The summed E-state index contributed by atoms with van der Waals surface area (Å²) in [5.74, 6) is 0.0811. The first kappa shape index (κ1) is 16.7. The minimum Gasteiger partial charge on any atom is -0.484 e. The van der Waals surface area contributed by atoms with Gasteiger partial charge in [0.05, 0.1) is 15.9 Å². The number of piperidine rings is 1. The Morgan fingerprint density at radius 2 is 1.86 bits per heavy atom. The first-order valence-corrected chi connectivity index (χ1v) is 8.71. The molecule has 8 heteroatoms. The number of nitro benzene ring substituents is 1. The smallest absolute Gasteiger partial charge is 0.312 e. The maximum Gasteiger partial charge on any atom is 0.312 e. The minimum atomic E-state index is -3.69. The predicted octanol–water partition coefficient (Wildman–Crippen LogP) is 2.56. The van der Waals surface area contributed by atoms with Gasteiger partial charge in [0.2, 0.25) is 10.0 Å². The van der Waals surface area contributed by atoms with Crippen molar-refractivity contribution in [3.05, 3.63) is 28.3 Å². The lowest BCUT2D eigenvalue weighted by Crippen LogP contribution is -2.35. The van der Waals surface area contributed by atoms with E-state index in [1.807, 2.05) is 0 Å². The van der Waals surface area contributed by atoms with Gasteiger partial charge in [-0.05, 0) is 38.8 Å². The topological polar surface area (TPSA) is 89.8 Å². The van der Waals surface area contributed by atoms with Crippen LogP contribution in [0.25, 0.3) is 0 Å². The van der Waals surface area contributed by atoms with Crippen LogP contribution in [0.1, 0.15) is 33.1 Å². The monoisotopic (exact) mass is 328 g/mol. The highest BCUT2D eigenvalue weighted by Crippen LogP contribution is 2.32. The van der Waals surface area contributed by atoms with Gasteiger partial charge < -0.3 is 4.74 Å². The Morgan fingerprint density at radius 3 is 2.41 bits per heavy atom. The van der Waals surface area contributed by atoms with E-state index in [9.17, 15) is 18.5 Å². The predicted molar refractivity (Wildman–Crippen MR) is 81.5 cm³/mol. The fraction of sp³-hybridized carbons (Fsp3) is 0.571. The van der Waals surface area contributed by atoms with Crippen LogP contribution in [0.2, 0.25) is 0 Å². The summed E-state index contributed by atoms with van der Waals surface area (Å²) in [6.45, 7) is 4.42. The Hall–Kier alpha value is -1.67. The molecule has 0 N–H and O–H groups in total. The number of ether oxygens (including phenoxy) is 1. The van der Waals surface area contributed by atoms with Crippen molar-refractivity contribution < 1.29 is 18.1 Å². The van der Waals surface area contributed by atoms with Crippen molar-refractivity contribution >= 4 is 15.7 Å². The molecule has 1 aromatic carbocycles. The van der Waals surface area contributed by atoms with Crippen LogP contribution in [-0.4, -0.2) is 36.8 Å². The number of nitrogens with zero attached hydrogens (tertiary/aromatic N) is 2. The van der Waals surface area contributed by atoms with Gasteiger partial charge >= 0.3 is 5.69 Å². The van der Waals surface area contributed by atoms with E-state index >= 15 is 0 Å². The van der Waals surface area contributed by atoms with Crippen LogP contribution >= 0.6 is 0 Å². The largest absolute Gasteiger partial charge is 0.484 e. The zero-order chi connectivity index (χ0) is 16.3. The zero-order valence-corrected chi connectivity index (χ0v) is 13.5. The molecule has 1 aliphatic rings. The van der Waals surface area contributed by atoms with Crippen LogP contribution in [-0.2, 0) is 10.0 Å². The van der Waals surface area contributed by atoms with E-state index in [-0.39, 0.29) is 22.4 Å². The summed E-state index contributed by atoms with van der Waals surface area (Å²) in [4.78, 5) is 10.5. The van der Waals surface area contributed by atoms with E-state index in [0.717, 1.165) is 25.3 Å². The first-order chi connectivity index (χ1) is 10.3. The summed E-state index contributed by atoms with van der Waals surface area (Å²) in [5, 5.41) is 11.2. The van der Waals surface area contributed by atoms with Crippen molar-refractivity contribution in [1.82, 2.24) is 4.31 Å². The minimum absolute atomic E-state index is 0.0581. The lowest BCUT2D eigenvalue weighted by Gasteiger charge is -2.25. The number of nitro groups is 1. The molecule has 0 saturated carbocycles. The van der Waals surface area contributed by atoms with Gasteiger partial charge in [0.25, 0.3) is 0 Å². The molecule has 122 valence electrons. The average Bonchev–Trinajstić information content (AvgIpc) is 2.47. The van der Waals surface area contributed by atoms with Gasteiger partial charge in [0.15, 0.2) is 5.75 Å². The summed E-state index contributed by atoms with van der Waals surface area (Å²) in [7, 11) is -3.69. The second-order valence-corrected chi connectivity index (χ2v) is 7.46. The molecule has 1 heterocycles. The SMILES string of the molecule is CC(C)Oc1ccc(S(=O)(=O)N2CCCCC2)cc1[N+](=O)[O-]. The Labute approximate surface area is 130 Å². The molecule has 0 amide bonds. The number of rotatable bonds is 5. The van der Waals surface area contributed by atoms with E-state index in [2.05, 4.69) is 0 Å². The summed E-state index contributed by atoms with van der Waals surface area (Å²) in [6.07, 6.45) is 2.40. The first-order valence-electron chi connectivity index (χ1n) is 7.27. The fourth-order valence-corrected chi connectivity index (χ4v) is 3.95. The Bertz CT molecular complexity index is 651. The van der Waals surface area contributed by atoms with Crippen molar-refractivity contribution in [3.8, 4) is 5.75 Å². The molecule has 1 aromatic rings. The molecule has 0 radical (unpaired) electrons. The molecule has 0 atom stereocenters. The summed E-state index contributed by atoms with van der Waals surface area (Å²) in [5.41, 5.74) is -0.327. The zero-order valence-electron chi connectivity index (χ0n) is 12.7. The summed E-state index contributed by atoms with van der Waals surface area (Å²) < 4.78 is 31.9. The molecule has 22 heavy (non-hydrogen) atoms. The molecular formula is C14H20N2O5S. The molecular weight excluding hydrogens is 308 g/mol. The molecule has 0 unspecified atom stereocenters. The number of benzene rings is 1. The molecule has 1 saturated heterocycles. The third kappa shape index (κ3) is 3.56. The molecule has 0 spiro atoms.